The SMILES string of the molecule is C[C@H]1CCc2cc(F)ccc2N1C(=O)CN1C(=O)COc2cccnc21. The quantitative estimate of drug-likeness (QED) is 0.829. The van der Waals surface area contributed by atoms with E-state index < -0.39 is 0 Å². The highest BCUT2D eigenvalue weighted by Crippen LogP contribution is 2.33. The molecular formula is C19H18FN3O3. The van der Waals surface area contributed by atoms with Gasteiger partial charge in [-0.3, -0.25) is 14.5 Å². The number of halogens is 1. The molecule has 0 radical (unpaired) electrons. The lowest BCUT2D eigenvalue weighted by molar-refractivity contribution is -0.124. The van der Waals surface area contributed by atoms with Crippen molar-refractivity contribution in [2.45, 2.75) is 25.8 Å². The zero-order chi connectivity index (χ0) is 18.3. The van der Waals surface area contributed by atoms with Crippen LogP contribution in [0.1, 0.15) is 18.9 Å². The van der Waals surface area contributed by atoms with Crippen LogP contribution in [0.15, 0.2) is 36.5 Å². The lowest BCUT2D eigenvalue weighted by atomic mass is 9.96. The van der Waals surface area contributed by atoms with Crippen molar-refractivity contribution < 1.29 is 18.7 Å². The Morgan fingerprint density at radius 3 is 3.08 bits per heavy atom. The second-order valence-electron chi connectivity index (χ2n) is 6.52. The predicted octanol–water partition coefficient (Wildman–Crippen LogP) is 2.31. The topological polar surface area (TPSA) is 62.7 Å². The van der Waals surface area contributed by atoms with Crippen LogP contribution in [0.2, 0.25) is 0 Å². The summed E-state index contributed by atoms with van der Waals surface area (Å²) in [5.74, 6) is -0.0206. The number of hydrogen-bond donors (Lipinski definition) is 0. The van der Waals surface area contributed by atoms with E-state index in [0.29, 0.717) is 17.3 Å². The molecular weight excluding hydrogens is 337 g/mol. The number of hydrogen-bond acceptors (Lipinski definition) is 4. The highest BCUT2D eigenvalue weighted by Gasteiger charge is 2.33. The van der Waals surface area contributed by atoms with Crippen molar-refractivity contribution >= 4 is 23.3 Å². The summed E-state index contributed by atoms with van der Waals surface area (Å²) in [7, 11) is 0. The Balaban J connectivity index is 1.64. The maximum absolute atomic E-state index is 13.5. The maximum atomic E-state index is 13.5. The second kappa shape index (κ2) is 6.40. The third kappa shape index (κ3) is 2.79. The number of rotatable bonds is 2. The highest BCUT2D eigenvalue weighted by atomic mass is 19.1. The summed E-state index contributed by atoms with van der Waals surface area (Å²) in [6.07, 6.45) is 3.02. The van der Waals surface area contributed by atoms with E-state index in [4.69, 9.17) is 4.74 Å². The predicted molar refractivity (Wildman–Crippen MR) is 93.8 cm³/mol. The van der Waals surface area contributed by atoms with Crippen LogP contribution >= 0.6 is 0 Å². The summed E-state index contributed by atoms with van der Waals surface area (Å²) in [4.78, 5) is 32.5. The zero-order valence-corrected chi connectivity index (χ0v) is 14.3. The summed E-state index contributed by atoms with van der Waals surface area (Å²) >= 11 is 0. The Labute approximate surface area is 150 Å². The van der Waals surface area contributed by atoms with Crippen LogP contribution in [-0.2, 0) is 16.0 Å². The van der Waals surface area contributed by atoms with Gasteiger partial charge in [0.15, 0.2) is 18.2 Å². The standard InChI is InChI=1S/C19H18FN3O3/c1-12-4-5-13-9-14(20)6-7-15(13)23(12)17(24)10-22-18(25)11-26-16-3-2-8-21-19(16)22/h2-3,6-9,12H,4-5,10-11H2,1H3/t12-/m0/s1. The van der Waals surface area contributed by atoms with Crippen molar-refractivity contribution in [2.24, 2.45) is 0 Å². The minimum atomic E-state index is -0.313. The van der Waals surface area contributed by atoms with Crippen molar-refractivity contribution in [3.8, 4) is 5.75 Å². The molecule has 2 aliphatic rings. The summed E-state index contributed by atoms with van der Waals surface area (Å²) in [6.45, 7) is 1.70. The van der Waals surface area contributed by atoms with Gasteiger partial charge >= 0.3 is 0 Å². The van der Waals surface area contributed by atoms with Crippen LogP contribution < -0.4 is 14.5 Å². The fourth-order valence-electron chi connectivity index (χ4n) is 3.51. The molecule has 1 aromatic carbocycles. The first-order valence-corrected chi connectivity index (χ1v) is 8.53. The van der Waals surface area contributed by atoms with Gasteiger partial charge in [0, 0.05) is 17.9 Å². The Morgan fingerprint density at radius 2 is 2.23 bits per heavy atom. The molecule has 0 spiro atoms. The molecule has 4 rings (SSSR count). The molecule has 2 aromatic rings. The van der Waals surface area contributed by atoms with Gasteiger partial charge < -0.3 is 9.64 Å². The van der Waals surface area contributed by atoms with Gasteiger partial charge in [0.1, 0.15) is 12.4 Å². The fourth-order valence-corrected chi connectivity index (χ4v) is 3.51. The first kappa shape index (κ1) is 16.5. The largest absolute Gasteiger partial charge is 0.480 e. The van der Waals surface area contributed by atoms with Crippen LogP contribution in [0.3, 0.4) is 0 Å². The molecule has 1 aromatic heterocycles. The summed E-state index contributed by atoms with van der Waals surface area (Å²) in [5, 5.41) is 0. The molecule has 0 fully saturated rings. The molecule has 2 amide bonds. The summed E-state index contributed by atoms with van der Waals surface area (Å²) in [5.41, 5.74) is 1.51. The fraction of sp³-hybridized carbons (Fsp3) is 0.316. The first-order chi connectivity index (χ1) is 12.5. The molecule has 1 atom stereocenters. The number of nitrogens with zero attached hydrogens (tertiary/aromatic N) is 3. The second-order valence-corrected chi connectivity index (χ2v) is 6.52. The van der Waals surface area contributed by atoms with Gasteiger partial charge in [0.25, 0.3) is 5.91 Å². The van der Waals surface area contributed by atoms with E-state index in [1.807, 2.05) is 6.92 Å². The minimum absolute atomic E-state index is 0.0280. The Kier molecular flexibility index (Phi) is 4.06. The average Bonchev–Trinajstić information content (AvgIpc) is 2.64. The van der Waals surface area contributed by atoms with E-state index in [9.17, 15) is 14.0 Å². The lowest BCUT2D eigenvalue weighted by Gasteiger charge is -2.37. The number of pyridine rings is 1. The lowest BCUT2D eigenvalue weighted by Crippen LogP contribution is -2.50. The van der Waals surface area contributed by atoms with Crippen molar-refractivity contribution in [1.29, 1.82) is 0 Å². The minimum Gasteiger partial charge on any atom is -0.480 e. The van der Waals surface area contributed by atoms with Crippen molar-refractivity contribution in [3.63, 3.8) is 0 Å². The summed E-state index contributed by atoms with van der Waals surface area (Å²) in [6, 6.07) is 7.86. The third-order valence-corrected chi connectivity index (χ3v) is 4.79. The third-order valence-electron chi connectivity index (χ3n) is 4.79. The van der Waals surface area contributed by atoms with Gasteiger partial charge in [0.2, 0.25) is 5.91 Å². The van der Waals surface area contributed by atoms with Crippen LogP contribution in [0.4, 0.5) is 15.9 Å². The molecule has 0 bridgehead atoms. The van der Waals surface area contributed by atoms with E-state index >= 15 is 0 Å². The first-order valence-electron chi connectivity index (χ1n) is 8.53. The van der Waals surface area contributed by atoms with E-state index in [0.717, 1.165) is 18.4 Å². The van der Waals surface area contributed by atoms with Gasteiger partial charge in [0.05, 0.1) is 0 Å². The molecule has 3 heterocycles. The molecule has 134 valence electrons. The smallest absolute Gasteiger partial charge is 0.266 e. The van der Waals surface area contributed by atoms with Crippen LogP contribution in [0, 0.1) is 5.82 Å². The van der Waals surface area contributed by atoms with Gasteiger partial charge in [-0.05, 0) is 55.7 Å². The number of benzene rings is 1. The monoisotopic (exact) mass is 355 g/mol. The number of aryl methyl sites for hydroxylation is 1. The van der Waals surface area contributed by atoms with Gasteiger partial charge in [-0.15, -0.1) is 0 Å². The molecule has 7 heteroatoms. The van der Waals surface area contributed by atoms with Crippen molar-refractivity contribution in [2.75, 3.05) is 23.0 Å². The van der Waals surface area contributed by atoms with Crippen molar-refractivity contribution in [1.82, 2.24) is 4.98 Å². The molecule has 0 N–H and O–H groups in total. The number of amides is 2. The van der Waals surface area contributed by atoms with Gasteiger partial charge in [-0.25, -0.2) is 9.37 Å². The van der Waals surface area contributed by atoms with Crippen molar-refractivity contribution in [3.05, 3.63) is 47.9 Å². The van der Waals surface area contributed by atoms with Crippen LogP contribution in [0.5, 0.6) is 5.75 Å². The number of aromatic nitrogens is 1. The Morgan fingerprint density at radius 1 is 1.38 bits per heavy atom. The highest BCUT2D eigenvalue weighted by molar-refractivity contribution is 6.05. The molecule has 6 nitrogen and oxygen atoms in total. The molecule has 2 aliphatic heterocycles. The molecule has 0 saturated heterocycles. The van der Waals surface area contributed by atoms with E-state index in [2.05, 4.69) is 4.98 Å². The van der Waals surface area contributed by atoms with Crippen LogP contribution in [-0.4, -0.2) is 36.0 Å². The Hall–Kier alpha value is -2.96. The van der Waals surface area contributed by atoms with Crippen LogP contribution in [0.25, 0.3) is 0 Å². The maximum Gasteiger partial charge on any atom is 0.266 e. The molecule has 0 aliphatic carbocycles. The molecule has 0 unspecified atom stereocenters. The average molecular weight is 355 g/mol. The van der Waals surface area contributed by atoms with Gasteiger partial charge in [-0.1, -0.05) is 0 Å². The Bertz CT molecular complexity index is 886. The van der Waals surface area contributed by atoms with E-state index in [1.54, 1.807) is 29.3 Å². The number of anilines is 2. The summed E-state index contributed by atoms with van der Waals surface area (Å²) < 4.78 is 18.9. The number of carbonyl (C=O) groups is 2. The van der Waals surface area contributed by atoms with E-state index in [-0.39, 0.29) is 36.8 Å². The number of fused-ring (bicyclic) bond motifs is 2. The normalized spacial score (nSPS) is 18.8. The van der Waals surface area contributed by atoms with Gasteiger partial charge in [-0.2, -0.15) is 0 Å². The molecule has 0 saturated carbocycles. The number of carbonyl (C=O) groups excluding carboxylic acids is 2. The van der Waals surface area contributed by atoms with E-state index in [1.165, 1.54) is 17.0 Å². The number of ether oxygens (including phenoxy) is 1. The zero-order valence-electron chi connectivity index (χ0n) is 14.3. The molecule has 26 heavy (non-hydrogen) atoms.